The maximum absolute atomic E-state index is 12.5. The van der Waals surface area contributed by atoms with Gasteiger partial charge in [-0.25, -0.2) is 9.97 Å². The van der Waals surface area contributed by atoms with Gasteiger partial charge in [0.05, 0.1) is 37.7 Å². The van der Waals surface area contributed by atoms with Crippen molar-refractivity contribution in [3.8, 4) is 0 Å². The molecule has 0 unspecified atom stereocenters. The number of halogens is 2. The summed E-state index contributed by atoms with van der Waals surface area (Å²) in [5.74, 6) is -0.573. The van der Waals surface area contributed by atoms with Gasteiger partial charge in [-0.2, -0.15) is 0 Å². The second kappa shape index (κ2) is 6.26. The van der Waals surface area contributed by atoms with Gasteiger partial charge in [-0.1, -0.05) is 29.3 Å². The molecule has 136 valence electrons. The van der Waals surface area contributed by atoms with Crippen molar-refractivity contribution in [3.63, 3.8) is 0 Å². The van der Waals surface area contributed by atoms with Crippen LogP contribution in [-0.4, -0.2) is 25.4 Å². The van der Waals surface area contributed by atoms with E-state index in [1.807, 2.05) is 0 Å². The zero-order chi connectivity index (χ0) is 19.3. The highest BCUT2D eigenvalue weighted by Crippen LogP contribution is 2.33. The van der Waals surface area contributed by atoms with Gasteiger partial charge in [-0.3, -0.25) is 9.59 Å². The van der Waals surface area contributed by atoms with Crippen molar-refractivity contribution in [2.24, 2.45) is 12.8 Å². The van der Waals surface area contributed by atoms with Gasteiger partial charge in [0, 0.05) is 7.05 Å². The fraction of sp³-hybridized carbons (Fsp3) is 0.0588. The van der Waals surface area contributed by atoms with E-state index in [1.54, 1.807) is 41.9 Å². The molecular weight excluding hydrogens is 391 g/mol. The average molecular weight is 403 g/mol. The SMILES string of the molecule is Cn1c(Nc2c(Cl)cccc2Cl)nc2ccc3nc(C(N)=O)[nH]c(=O)c3c21. The molecule has 0 saturated heterocycles. The molecule has 4 N–H and O–H groups in total. The fourth-order valence-corrected chi connectivity index (χ4v) is 3.38. The van der Waals surface area contributed by atoms with Crippen LogP contribution in [0.5, 0.6) is 0 Å². The molecule has 4 aromatic rings. The number of carbonyl (C=O) groups excluding carboxylic acids is 1. The number of para-hydroxylation sites is 1. The van der Waals surface area contributed by atoms with E-state index in [0.717, 1.165) is 0 Å². The number of aryl methyl sites for hydroxylation is 1. The third-order valence-corrected chi connectivity index (χ3v) is 4.77. The van der Waals surface area contributed by atoms with Crippen LogP contribution < -0.4 is 16.6 Å². The third-order valence-electron chi connectivity index (χ3n) is 4.14. The predicted octanol–water partition coefficient (Wildman–Crippen LogP) is 2.96. The van der Waals surface area contributed by atoms with E-state index in [4.69, 9.17) is 28.9 Å². The smallest absolute Gasteiger partial charge is 0.284 e. The van der Waals surface area contributed by atoms with Gasteiger partial charge in [-0.15, -0.1) is 0 Å². The number of benzene rings is 2. The maximum atomic E-state index is 12.5. The molecular formula is C17H12Cl2N6O2. The first-order valence-electron chi connectivity index (χ1n) is 7.77. The highest BCUT2D eigenvalue weighted by atomic mass is 35.5. The summed E-state index contributed by atoms with van der Waals surface area (Å²) in [6, 6.07) is 8.45. The summed E-state index contributed by atoms with van der Waals surface area (Å²) in [6.07, 6.45) is 0. The molecule has 4 rings (SSSR count). The molecule has 0 spiro atoms. The lowest BCUT2D eigenvalue weighted by atomic mass is 10.2. The molecule has 2 heterocycles. The summed E-state index contributed by atoms with van der Waals surface area (Å²) >= 11 is 12.4. The lowest BCUT2D eigenvalue weighted by molar-refractivity contribution is 0.0990. The monoisotopic (exact) mass is 402 g/mol. The number of hydrogen-bond donors (Lipinski definition) is 3. The summed E-state index contributed by atoms with van der Waals surface area (Å²) < 4.78 is 1.69. The summed E-state index contributed by atoms with van der Waals surface area (Å²) in [5.41, 5.74) is 6.68. The Morgan fingerprint density at radius 3 is 2.48 bits per heavy atom. The molecule has 0 saturated carbocycles. The minimum absolute atomic E-state index is 0.199. The van der Waals surface area contributed by atoms with E-state index in [1.165, 1.54) is 0 Å². The van der Waals surface area contributed by atoms with Crippen LogP contribution in [0.2, 0.25) is 10.0 Å². The zero-order valence-electron chi connectivity index (χ0n) is 13.9. The topological polar surface area (TPSA) is 119 Å². The zero-order valence-corrected chi connectivity index (χ0v) is 15.4. The first kappa shape index (κ1) is 17.3. The molecule has 0 bridgehead atoms. The number of anilines is 2. The van der Waals surface area contributed by atoms with Crippen molar-refractivity contribution in [3.05, 3.63) is 56.6 Å². The number of rotatable bonds is 3. The van der Waals surface area contributed by atoms with E-state index in [0.29, 0.717) is 43.6 Å². The minimum Gasteiger partial charge on any atom is -0.363 e. The molecule has 0 aliphatic carbocycles. The van der Waals surface area contributed by atoms with Gasteiger partial charge in [0.15, 0.2) is 5.82 Å². The van der Waals surface area contributed by atoms with Gasteiger partial charge >= 0.3 is 0 Å². The Balaban J connectivity index is 1.95. The molecule has 2 aromatic carbocycles. The molecule has 0 aliphatic heterocycles. The number of imidazole rings is 1. The first-order valence-corrected chi connectivity index (χ1v) is 8.52. The Morgan fingerprint density at radius 2 is 1.81 bits per heavy atom. The van der Waals surface area contributed by atoms with Crippen LogP contribution in [0.15, 0.2) is 35.1 Å². The third kappa shape index (κ3) is 2.79. The highest BCUT2D eigenvalue weighted by Gasteiger charge is 2.17. The Morgan fingerprint density at radius 1 is 1.15 bits per heavy atom. The number of nitrogens with one attached hydrogen (secondary N) is 2. The maximum Gasteiger partial charge on any atom is 0.284 e. The van der Waals surface area contributed by atoms with Crippen LogP contribution in [0, 0.1) is 0 Å². The minimum atomic E-state index is -0.810. The number of nitrogens with two attached hydrogens (primary N) is 1. The second-order valence-electron chi connectivity index (χ2n) is 5.82. The number of hydrogen-bond acceptors (Lipinski definition) is 5. The quantitative estimate of drug-likeness (QED) is 0.486. The van der Waals surface area contributed by atoms with Gasteiger partial charge in [0.25, 0.3) is 11.5 Å². The molecule has 0 aliphatic rings. The molecule has 1 amide bonds. The van der Waals surface area contributed by atoms with Gasteiger partial charge in [0.2, 0.25) is 5.95 Å². The van der Waals surface area contributed by atoms with Crippen molar-refractivity contribution >= 4 is 62.7 Å². The number of aromatic nitrogens is 4. The van der Waals surface area contributed by atoms with E-state index in [2.05, 4.69) is 20.3 Å². The Kier molecular flexibility index (Phi) is 4.01. The molecule has 0 radical (unpaired) electrons. The van der Waals surface area contributed by atoms with Crippen LogP contribution in [-0.2, 0) is 7.05 Å². The van der Waals surface area contributed by atoms with Crippen molar-refractivity contribution < 1.29 is 4.79 Å². The number of H-pyrrole nitrogens is 1. The van der Waals surface area contributed by atoms with Crippen molar-refractivity contribution in [2.75, 3.05) is 5.32 Å². The van der Waals surface area contributed by atoms with Gasteiger partial charge in [0.1, 0.15) is 0 Å². The summed E-state index contributed by atoms with van der Waals surface area (Å²) in [7, 11) is 1.74. The van der Waals surface area contributed by atoms with Gasteiger partial charge < -0.3 is 20.6 Å². The van der Waals surface area contributed by atoms with Gasteiger partial charge in [-0.05, 0) is 24.3 Å². The number of nitrogens with zero attached hydrogens (tertiary/aromatic N) is 3. The Labute approximate surface area is 161 Å². The number of primary amides is 1. The normalized spacial score (nSPS) is 11.2. The largest absolute Gasteiger partial charge is 0.363 e. The number of carbonyl (C=O) groups is 1. The van der Waals surface area contributed by atoms with Crippen LogP contribution >= 0.6 is 23.2 Å². The molecule has 2 aromatic heterocycles. The van der Waals surface area contributed by atoms with E-state index < -0.39 is 11.5 Å². The highest BCUT2D eigenvalue weighted by molar-refractivity contribution is 6.39. The Hall–Kier alpha value is -3.10. The van der Waals surface area contributed by atoms with Crippen molar-refractivity contribution in [2.45, 2.75) is 0 Å². The lowest BCUT2D eigenvalue weighted by Gasteiger charge is -2.10. The standard InChI is InChI=1S/C17H12Cl2N6O2/c1-25-13-10(22-17(25)23-12-7(18)3-2-4-8(12)19)6-5-9-11(13)16(27)24-15(21-9)14(20)26/h2-6H,1H3,(H2,20,26)(H,22,23)(H,21,24,27). The van der Waals surface area contributed by atoms with Crippen molar-refractivity contribution in [1.82, 2.24) is 19.5 Å². The lowest BCUT2D eigenvalue weighted by Crippen LogP contribution is -2.21. The molecule has 0 atom stereocenters. The fourth-order valence-electron chi connectivity index (χ4n) is 2.89. The van der Waals surface area contributed by atoms with Crippen LogP contribution in [0.1, 0.15) is 10.6 Å². The van der Waals surface area contributed by atoms with E-state index in [-0.39, 0.29) is 5.82 Å². The predicted molar refractivity (Wildman–Crippen MR) is 105 cm³/mol. The molecule has 0 fully saturated rings. The van der Waals surface area contributed by atoms with Crippen LogP contribution in [0.4, 0.5) is 11.6 Å². The number of aromatic amines is 1. The van der Waals surface area contributed by atoms with Crippen LogP contribution in [0.25, 0.3) is 21.9 Å². The number of fused-ring (bicyclic) bond motifs is 3. The summed E-state index contributed by atoms with van der Waals surface area (Å²) in [4.78, 5) is 34.9. The van der Waals surface area contributed by atoms with Crippen molar-refractivity contribution in [1.29, 1.82) is 0 Å². The molecule has 8 nitrogen and oxygen atoms in total. The molecule has 10 heteroatoms. The Bertz CT molecular complexity index is 1270. The van der Waals surface area contributed by atoms with Crippen LogP contribution in [0.3, 0.4) is 0 Å². The summed E-state index contributed by atoms with van der Waals surface area (Å²) in [6.45, 7) is 0. The first-order chi connectivity index (χ1) is 12.9. The molecule has 27 heavy (non-hydrogen) atoms. The van der Waals surface area contributed by atoms with E-state index >= 15 is 0 Å². The number of amides is 1. The van der Waals surface area contributed by atoms with E-state index in [9.17, 15) is 9.59 Å². The summed E-state index contributed by atoms with van der Waals surface area (Å²) in [5, 5.41) is 4.26. The average Bonchev–Trinajstić information content (AvgIpc) is 2.94. The second-order valence-corrected chi connectivity index (χ2v) is 6.64.